The largest absolute Gasteiger partial charge is 0.465 e. The molecule has 4 N–H and O–H groups in total. The molecule has 4 rings (SSSR count). The molecule has 3 aromatic rings. The molecule has 0 aliphatic carbocycles. The average molecular weight is 547 g/mol. The molecule has 1 aromatic heterocycles. The van der Waals surface area contributed by atoms with E-state index in [9.17, 15) is 22.8 Å². The molecule has 0 unspecified atom stereocenters. The zero-order chi connectivity index (χ0) is 27.7. The quantitative estimate of drug-likeness (QED) is 0.325. The van der Waals surface area contributed by atoms with Crippen LogP contribution in [0.25, 0.3) is 10.4 Å². The number of hydrogen-bond acceptors (Lipinski definition) is 7. The molecule has 1 aliphatic heterocycles. The Morgan fingerprint density at radius 2 is 1.89 bits per heavy atom. The lowest BCUT2D eigenvalue weighted by Gasteiger charge is -2.26. The van der Waals surface area contributed by atoms with Crippen LogP contribution in [0.4, 0.5) is 24.0 Å². The van der Waals surface area contributed by atoms with Crippen LogP contribution in [0.5, 0.6) is 0 Å². The first-order valence-electron chi connectivity index (χ1n) is 12.0. The fraction of sp³-hybridized carbons (Fsp3) is 0.370. The van der Waals surface area contributed by atoms with Crippen LogP contribution in [0, 0.1) is 5.41 Å². The van der Waals surface area contributed by atoms with Crippen molar-refractivity contribution in [3.8, 4) is 10.4 Å². The molecule has 38 heavy (non-hydrogen) atoms. The minimum atomic E-state index is -4.45. The highest BCUT2D eigenvalue weighted by atomic mass is 32.1. The van der Waals surface area contributed by atoms with Crippen molar-refractivity contribution in [2.75, 3.05) is 23.8 Å². The van der Waals surface area contributed by atoms with Crippen molar-refractivity contribution in [3.05, 3.63) is 65.4 Å². The summed E-state index contributed by atoms with van der Waals surface area (Å²) in [4.78, 5) is 29.3. The van der Waals surface area contributed by atoms with Crippen LogP contribution in [0.3, 0.4) is 0 Å². The summed E-state index contributed by atoms with van der Waals surface area (Å²) in [6, 6.07) is 9.88. The van der Waals surface area contributed by atoms with Gasteiger partial charge in [0.2, 0.25) is 5.91 Å². The fourth-order valence-electron chi connectivity index (χ4n) is 3.99. The number of nitrogens with zero attached hydrogens (tertiary/aromatic N) is 1. The van der Waals surface area contributed by atoms with Crippen LogP contribution in [-0.4, -0.2) is 36.1 Å². The highest BCUT2D eigenvalue weighted by Gasteiger charge is 2.31. The number of halogens is 3. The molecule has 2 atom stereocenters. The number of anilines is 2. The molecular formula is C27H29F3N4O3S. The van der Waals surface area contributed by atoms with Crippen LogP contribution in [-0.2, 0) is 26.9 Å². The maximum atomic E-state index is 13.1. The fourth-order valence-corrected chi connectivity index (χ4v) is 4.81. The molecule has 1 amide bonds. The molecule has 7 nitrogen and oxygen atoms in total. The van der Waals surface area contributed by atoms with Crippen molar-refractivity contribution >= 4 is 34.0 Å². The number of nitrogens with two attached hydrogens (primary N) is 1. The second-order valence-corrected chi connectivity index (χ2v) is 11.3. The number of hydrogen-bond donors (Lipinski definition) is 3. The van der Waals surface area contributed by atoms with Gasteiger partial charge in [0.05, 0.1) is 28.9 Å². The van der Waals surface area contributed by atoms with Gasteiger partial charge < -0.3 is 21.1 Å². The molecule has 0 bridgehead atoms. The Bertz CT molecular complexity index is 1320. The second-order valence-electron chi connectivity index (χ2n) is 10.2. The van der Waals surface area contributed by atoms with Gasteiger partial charge in [0, 0.05) is 30.4 Å². The molecule has 2 aromatic carbocycles. The minimum Gasteiger partial charge on any atom is -0.465 e. The van der Waals surface area contributed by atoms with Gasteiger partial charge in [-0.3, -0.25) is 9.59 Å². The Labute approximate surface area is 222 Å². The molecule has 1 aliphatic rings. The number of nitrogens with one attached hydrogen (secondary N) is 2. The number of alkyl halides is 3. The summed E-state index contributed by atoms with van der Waals surface area (Å²) >= 11 is 1.41. The number of thiazole rings is 1. The molecule has 2 heterocycles. The van der Waals surface area contributed by atoms with Gasteiger partial charge in [-0.15, -0.1) is 0 Å². The molecular weight excluding hydrogens is 517 g/mol. The van der Waals surface area contributed by atoms with Crippen LogP contribution >= 0.6 is 11.3 Å². The van der Waals surface area contributed by atoms with E-state index in [1.807, 2.05) is 18.2 Å². The van der Waals surface area contributed by atoms with Gasteiger partial charge in [-0.05, 0) is 61.7 Å². The van der Waals surface area contributed by atoms with Gasteiger partial charge >= 0.3 is 12.1 Å². The summed E-state index contributed by atoms with van der Waals surface area (Å²) in [5.41, 5.74) is 8.20. The lowest BCUT2D eigenvalue weighted by molar-refractivity contribution is -0.153. The summed E-state index contributed by atoms with van der Waals surface area (Å²) in [6.07, 6.45) is -2.39. The van der Waals surface area contributed by atoms with Crippen molar-refractivity contribution in [3.63, 3.8) is 0 Å². The van der Waals surface area contributed by atoms with Gasteiger partial charge in [0.1, 0.15) is 0 Å². The van der Waals surface area contributed by atoms with Gasteiger partial charge in [0.25, 0.3) is 0 Å². The third-order valence-electron chi connectivity index (χ3n) is 6.20. The number of fused-ring (bicyclic) bond motifs is 1. The maximum absolute atomic E-state index is 13.1. The van der Waals surface area contributed by atoms with E-state index in [4.69, 9.17) is 10.5 Å². The van der Waals surface area contributed by atoms with Crippen molar-refractivity contribution in [2.45, 2.75) is 45.3 Å². The zero-order valence-electron chi connectivity index (χ0n) is 21.2. The topological polar surface area (TPSA) is 106 Å². The molecule has 11 heteroatoms. The van der Waals surface area contributed by atoms with E-state index in [2.05, 4.69) is 15.6 Å². The Kier molecular flexibility index (Phi) is 7.80. The molecule has 0 saturated carbocycles. The van der Waals surface area contributed by atoms with Crippen LogP contribution < -0.4 is 16.4 Å². The smallest absolute Gasteiger partial charge is 0.416 e. The van der Waals surface area contributed by atoms with E-state index >= 15 is 0 Å². The summed E-state index contributed by atoms with van der Waals surface area (Å²) in [5.74, 6) is -1.00. The van der Waals surface area contributed by atoms with E-state index in [1.165, 1.54) is 23.5 Å². The highest BCUT2D eigenvalue weighted by Crippen LogP contribution is 2.34. The van der Waals surface area contributed by atoms with E-state index in [0.29, 0.717) is 17.1 Å². The Morgan fingerprint density at radius 3 is 2.55 bits per heavy atom. The number of esters is 1. The van der Waals surface area contributed by atoms with Crippen LogP contribution in [0.2, 0.25) is 0 Å². The number of benzene rings is 2. The van der Waals surface area contributed by atoms with Crippen LogP contribution in [0.15, 0.2) is 48.7 Å². The number of amides is 1. The Hall–Kier alpha value is -3.44. The predicted octanol–water partition coefficient (Wildman–Crippen LogP) is 5.44. The Morgan fingerprint density at radius 1 is 1.18 bits per heavy atom. The molecule has 0 saturated heterocycles. The lowest BCUT2D eigenvalue weighted by Crippen LogP contribution is -2.39. The van der Waals surface area contributed by atoms with Crippen molar-refractivity contribution in [2.24, 2.45) is 11.1 Å². The van der Waals surface area contributed by atoms with Gasteiger partial charge in [0.15, 0.2) is 5.13 Å². The van der Waals surface area contributed by atoms with E-state index in [-0.39, 0.29) is 19.1 Å². The maximum Gasteiger partial charge on any atom is 0.416 e. The number of carbonyl (C=O) groups is 2. The van der Waals surface area contributed by atoms with E-state index in [0.717, 1.165) is 33.8 Å². The van der Waals surface area contributed by atoms with Crippen LogP contribution in [0.1, 0.15) is 43.4 Å². The van der Waals surface area contributed by atoms with E-state index < -0.39 is 35.1 Å². The monoisotopic (exact) mass is 546 g/mol. The van der Waals surface area contributed by atoms with Crippen molar-refractivity contribution in [1.82, 2.24) is 4.98 Å². The third-order valence-corrected chi connectivity index (χ3v) is 7.20. The average Bonchev–Trinajstić information content (AvgIpc) is 3.47. The summed E-state index contributed by atoms with van der Waals surface area (Å²) in [7, 11) is 0. The summed E-state index contributed by atoms with van der Waals surface area (Å²) < 4.78 is 44.6. The van der Waals surface area contributed by atoms with Gasteiger partial charge in [-0.1, -0.05) is 29.5 Å². The summed E-state index contributed by atoms with van der Waals surface area (Å²) in [6.45, 7) is 5.34. The number of aromatic nitrogens is 1. The predicted molar refractivity (Wildman–Crippen MR) is 141 cm³/mol. The molecule has 0 fully saturated rings. The summed E-state index contributed by atoms with van der Waals surface area (Å²) in [5, 5.41) is 6.62. The lowest BCUT2D eigenvalue weighted by atomic mass is 9.91. The van der Waals surface area contributed by atoms with Crippen molar-refractivity contribution in [1.29, 1.82) is 0 Å². The second kappa shape index (κ2) is 10.7. The first-order valence-corrected chi connectivity index (χ1v) is 12.9. The highest BCUT2D eigenvalue weighted by molar-refractivity contribution is 7.18. The first kappa shape index (κ1) is 27.6. The standard InChI is InChI=1S/C27H29F3N4O3S/c1-26(2,3)24(36)37-14-19(15-4-7-18(8-5-15)27(28,29)30)20(31)12-32-25-33-13-22(38-25)16-6-9-21-17(10-16)11-23(35)34-21/h4-10,13,19-20H,11-12,14,31H2,1-3H3,(H,32,33)(H,34,35)/t19-,20+/m0/s1. The minimum absolute atomic E-state index is 0.0337. The zero-order valence-corrected chi connectivity index (χ0v) is 22.0. The van der Waals surface area contributed by atoms with Gasteiger partial charge in [-0.2, -0.15) is 13.2 Å². The number of carbonyl (C=O) groups excluding carboxylic acids is 2. The third kappa shape index (κ3) is 6.51. The number of rotatable bonds is 8. The molecule has 202 valence electrons. The first-order chi connectivity index (χ1) is 17.8. The molecule has 0 radical (unpaired) electrons. The van der Waals surface area contributed by atoms with Gasteiger partial charge in [-0.25, -0.2) is 4.98 Å². The SMILES string of the molecule is CC(C)(C)C(=O)OC[C@@H](c1ccc(C(F)(F)F)cc1)[C@H](N)CNc1ncc(-c2ccc3c(c2)CC(=O)N3)s1. The Balaban J connectivity index is 1.46. The molecule has 0 spiro atoms. The van der Waals surface area contributed by atoms with E-state index in [1.54, 1.807) is 27.0 Å². The van der Waals surface area contributed by atoms with Crippen molar-refractivity contribution < 1.29 is 27.5 Å². The number of ether oxygens (including phenoxy) is 1. The normalized spacial score (nSPS) is 15.0.